The molecule has 0 saturated heterocycles. The van der Waals surface area contributed by atoms with Crippen LogP contribution in [-0.4, -0.2) is 25.6 Å². The number of aryl methyl sites for hydroxylation is 1. The van der Waals surface area contributed by atoms with Gasteiger partial charge in [0.2, 0.25) is 5.91 Å². The number of ether oxygens (including phenoxy) is 1. The predicted molar refractivity (Wildman–Crippen MR) is 87.6 cm³/mol. The van der Waals surface area contributed by atoms with Gasteiger partial charge < -0.3 is 15.8 Å². The lowest BCUT2D eigenvalue weighted by Crippen LogP contribution is -2.28. The molecule has 22 heavy (non-hydrogen) atoms. The van der Waals surface area contributed by atoms with E-state index in [4.69, 9.17) is 10.5 Å². The van der Waals surface area contributed by atoms with Crippen molar-refractivity contribution in [2.75, 3.05) is 13.7 Å². The van der Waals surface area contributed by atoms with Crippen molar-refractivity contribution in [2.24, 2.45) is 11.7 Å². The molecule has 1 aliphatic carbocycles. The normalized spacial score (nSPS) is 22.3. The average molecular weight is 300 g/mol. The first-order valence-corrected chi connectivity index (χ1v) is 8.04. The van der Waals surface area contributed by atoms with Crippen molar-refractivity contribution >= 4 is 11.5 Å². The van der Waals surface area contributed by atoms with Gasteiger partial charge in [0.1, 0.15) is 5.75 Å². The van der Waals surface area contributed by atoms with Gasteiger partial charge in [0, 0.05) is 18.2 Å². The number of fused-ring (bicyclic) bond motifs is 3. The molecule has 118 valence electrons. The summed E-state index contributed by atoms with van der Waals surface area (Å²) in [6, 6.07) is 6.18. The fourth-order valence-corrected chi connectivity index (χ4v) is 3.67. The minimum absolute atomic E-state index is 0.0179. The van der Waals surface area contributed by atoms with E-state index in [1.54, 1.807) is 7.11 Å². The molecule has 4 nitrogen and oxygen atoms in total. The Kier molecular flexibility index (Phi) is 4.21. The summed E-state index contributed by atoms with van der Waals surface area (Å²) in [4.78, 5) is 12.5. The third-order valence-corrected chi connectivity index (χ3v) is 4.68. The van der Waals surface area contributed by atoms with Crippen LogP contribution in [0.5, 0.6) is 5.75 Å². The molecule has 1 heterocycles. The average Bonchev–Trinajstić information content (AvgIpc) is 2.66. The summed E-state index contributed by atoms with van der Waals surface area (Å²) >= 11 is 0. The summed E-state index contributed by atoms with van der Waals surface area (Å²) in [6.07, 6.45) is 3.77. The molecule has 1 aromatic rings. The van der Waals surface area contributed by atoms with E-state index in [0.717, 1.165) is 37.1 Å². The Bertz CT molecular complexity index is 620. The van der Waals surface area contributed by atoms with Crippen molar-refractivity contribution in [2.45, 2.75) is 38.6 Å². The van der Waals surface area contributed by atoms with E-state index in [-0.39, 0.29) is 11.9 Å². The fourth-order valence-electron chi connectivity index (χ4n) is 3.67. The van der Waals surface area contributed by atoms with Crippen molar-refractivity contribution in [1.29, 1.82) is 0 Å². The molecular formula is C18H24N2O2. The molecule has 3 N–H and O–H groups in total. The maximum absolute atomic E-state index is 12.5. The number of amides is 1. The summed E-state index contributed by atoms with van der Waals surface area (Å²) in [5, 5.41) is 3.03. The standard InChI is InChI=1S/C18H24N2O2/c1-11(19)9-16-17-12(7-8-20-18(16)21)3-4-13-10-14(22-2)5-6-15(13)17/h5-6,10-12H,3-4,7-9,19H2,1-2H3,(H,20,21). The molecule has 0 bridgehead atoms. The summed E-state index contributed by atoms with van der Waals surface area (Å²) < 4.78 is 5.34. The molecule has 2 atom stereocenters. The van der Waals surface area contributed by atoms with Crippen molar-refractivity contribution in [3.63, 3.8) is 0 Å². The zero-order chi connectivity index (χ0) is 15.7. The number of carbonyl (C=O) groups is 1. The lowest BCUT2D eigenvalue weighted by molar-refractivity contribution is -0.117. The first kappa shape index (κ1) is 15.1. The summed E-state index contributed by atoms with van der Waals surface area (Å²) in [6.45, 7) is 2.71. The summed E-state index contributed by atoms with van der Waals surface area (Å²) in [5.41, 5.74) is 10.6. The molecule has 3 rings (SSSR count). The van der Waals surface area contributed by atoms with Crippen LogP contribution in [0.3, 0.4) is 0 Å². The highest BCUT2D eigenvalue weighted by atomic mass is 16.5. The van der Waals surface area contributed by atoms with E-state index < -0.39 is 0 Å². The lowest BCUT2D eigenvalue weighted by Gasteiger charge is -2.29. The second kappa shape index (κ2) is 6.13. The van der Waals surface area contributed by atoms with E-state index in [2.05, 4.69) is 17.4 Å². The zero-order valence-corrected chi connectivity index (χ0v) is 13.3. The van der Waals surface area contributed by atoms with Crippen LogP contribution in [0, 0.1) is 5.92 Å². The minimum Gasteiger partial charge on any atom is -0.497 e. The molecule has 1 aliphatic heterocycles. The highest BCUT2D eigenvalue weighted by Crippen LogP contribution is 2.42. The van der Waals surface area contributed by atoms with Crippen LogP contribution in [0.15, 0.2) is 23.8 Å². The molecule has 0 spiro atoms. The van der Waals surface area contributed by atoms with Crippen LogP contribution in [-0.2, 0) is 11.2 Å². The molecule has 0 fully saturated rings. The Labute approximate surface area is 131 Å². The predicted octanol–water partition coefficient (Wildman–Crippen LogP) is 2.27. The first-order valence-electron chi connectivity index (χ1n) is 8.04. The quantitative estimate of drug-likeness (QED) is 0.900. The maximum Gasteiger partial charge on any atom is 0.247 e. The number of hydrogen-bond donors (Lipinski definition) is 2. The Hall–Kier alpha value is -1.81. The molecule has 1 aromatic carbocycles. The van der Waals surface area contributed by atoms with Crippen molar-refractivity contribution in [3.8, 4) is 5.75 Å². The van der Waals surface area contributed by atoms with Gasteiger partial charge in [0.25, 0.3) is 0 Å². The Morgan fingerprint density at radius 3 is 2.95 bits per heavy atom. The van der Waals surface area contributed by atoms with Crippen LogP contribution >= 0.6 is 0 Å². The smallest absolute Gasteiger partial charge is 0.247 e. The first-order chi connectivity index (χ1) is 10.6. The number of carbonyl (C=O) groups excluding carboxylic acids is 1. The monoisotopic (exact) mass is 300 g/mol. The highest BCUT2D eigenvalue weighted by Gasteiger charge is 2.31. The van der Waals surface area contributed by atoms with Gasteiger partial charge in [0.15, 0.2) is 0 Å². The Morgan fingerprint density at radius 2 is 2.23 bits per heavy atom. The van der Waals surface area contributed by atoms with E-state index in [1.165, 1.54) is 16.7 Å². The Morgan fingerprint density at radius 1 is 1.41 bits per heavy atom. The molecule has 0 radical (unpaired) electrons. The zero-order valence-electron chi connectivity index (χ0n) is 13.3. The van der Waals surface area contributed by atoms with E-state index in [1.807, 2.05) is 13.0 Å². The molecule has 2 aliphatic rings. The number of nitrogens with one attached hydrogen (secondary N) is 1. The number of rotatable bonds is 3. The third-order valence-electron chi connectivity index (χ3n) is 4.68. The minimum atomic E-state index is -0.0179. The van der Waals surface area contributed by atoms with Gasteiger partial charge in [0.05, 0.1) is 7.11 Å². The van der Waals surface area contributed by atoms with Crippen LogP contribution in [0.4, 0.5) is 0 Å². The number of benzene rings is 1. The van der Waals surface area contributed by atoms with Crippen LogP contribution in [0.2, 0.25) is 0 Å². The molecule has 0 aromatic heterocycles. The number of methoxy groups -OCH3 is 1. The number of nitrogens with two attached hydrogens (primary N) is 1. The largest absolute Gasteiger partial charge is 0.497 e. The van der Waals surface area contributed by atoms with Crippen LogP contribution in [0.25, 0.3) is 5.57 Å². The topological polar surface area (TPSA) is 64.3 Å². The van der Waals surface area contributed by atoms with Gasteiger partial charge in [-0.1, -0.05) is 6.07 Å². The SMILES string of the molecule is COc1ccc2c(c1)CCC1CCNC(=O)C(CC(C)N)=C21. The van der Waals surface area contributed by atoms with E-state index in [0.29, 0.717) is 12.3 Å². The second-order valence-corrected chi connectivity index (χ2v) is 6.38. The fraction of sp³-hybridized carbons (Fsp3) is 0.500. The second-order valence-electron chi connectivity index (χ2n) is 6.38. The van der Waals surface area contributed by atoms with Gasteiger partial charge in [-0.3, -0.25) is 4.79 Å². The Balaban J connectivity index is 2.14. The van der Waals surface area contributed by atoms with Gasteiger partial charge in [-0.2, -0.15) is 0 Å². The van der Waals surface area contributed by atoms with Gasteiger partial charge >= 0.3 is 0 Å². The summed E-state index contributed by atoms with van der Waals surface area (Å²) in [5.74, 6) is 1.39. The van der Waals surface area contributed by atoms with Gasteiger partial charge in [-0.15, -0.1) is 0 Å². The van der Waals surface area contributed by atoms with Crippen molar-refractivity contribution < 1.29 is 9.53 Å². The molecule has 4 heteroatoms. The molecule has 0 saturated carbocycles. The maximum atomic E-state index is 12.5. The van der Waals surface area contributed by atoms with Gasteiger partial charge in [-0.25, -0.2) is 0 Å². The highest BCUT2D eigenvalue weighted by molar-refractivity contribution is 6.02. The number of allylic oxidation sites excluding steroid dienone is 1. The molecule has 2 unspecified atom stereocenters. The van der Waals surface area contributed by atoms with Crippen molar-refractivity contribution in [3.05, 3.63) is 34.9 Å². The molecule has 1 amide bonds. The van der Waals surface area contributed by atoms with Crippen LogP contribution < -0.4 is 15.8 Å². The van der Waals surface area contributed by atoms with Crippen molar-refractivity contribution in [1.82, 2.24) is 5.32 Å². The number of hydrogen-bond acceptors (Lipinski definition) is 3. The van der Waals surface area contributed by atoms with Crippen LogP contribution in [0.1, 0.15) is 37.3 Å². The van der Waals surface area contributed by atoms with Gasteiger partial charge in [-0.05, 0) is 67.4 Å². The van der Waals surface area contributed by atoms with E-state index >= 15 is 0 Å². The third kappa shape index (κ3) is 2.75. The lowest BCUT2D eigenvalue weighted by atomic mass is 9.75. The van der Waals surface area contributed by atoms with E-state index in [9.17, 15) is 4.79 Å². The molecular weight excluding hydrogens is 276 g/mol. The summed E-state index contributed by atoms with van der Waals surface area (Å²) in [7, 11) is 1.69.